The molecule has 4 heteroatoms. The van der Waals surface area contributed by atoms with Crippen LogP contribution in [0, 0.1) is 5.41 Å². The minimum Gasteiger partial charge on any atom is -0.494 e. The van der Waals surface area contributed by atoms with Crippen molar-refractivity contribution in [3.8, 4) is 5.75 Å². The highest BCUT2D eigenvalue weighted by Crippen LogP contribution is 2.26. The Kier molecular flexibility index (Phi) is 5.14. The average Bonchev–Trinajstić information content (AvgIpc) is 2.41. The fraction of sp³-hybridized carbons (Fsp3) is 0.533. The second-order valence-electron chi connectivity index (χ2n) is 5.52. The topological polar surface area (TPSA) is 33.6 Å². The van der Waals surface area contributed by atoms with Crippen molar-refractivity contribution in [2.24, 2.45) is 10.4 Å². The summed E-state index contributed by atoms with van der Waals surface area (Å²) in [4.78, 5) is 4.57. The average molecular weight is 278 g/mol. The van der Waals surface area contributed by atoms with Gasteiger partial charge in [0, 0.05) is 18.8 Å². The highest BCUT2D eigenvalue weighted by molar-refractivity contribution is 8.13. The van der Waals surface area contributed by atoms with Gasteiger partial charge in [0.1, 0.15) is 5.75 Å². The Morgan fingerprint density at radius 2 is 2.11 bits per heavy atom. The van der Waals surface area contributed by atoms with Gasteiger partial charge in [0.15, 0.2) is 5.17 Å². The van der Waals surface area contributed by atoms with Gasteiger partial charge in [-0.05, 0) is 24.0 Å². The largest absolute Gasteiger partial charge is 0.494 e. The molecule has 0 atom stereocenters. The molecule has 0 radical (unpaired) electrons. The van der Waals surface area contributed by atoms with E-state index in [1.54, 1.807) is 0 Å². The minimum absolute atomic E-state index is 0.340. The molecule has 1 aliphatic rings. The zero-order valence-corrected chi connectivity index (χ0v) is 12.5. The number of nitrogens with zero attached hydrogens (tertiary/aromatic N) is 1. The van der Waals surface area contributed by atoms with Crippen LogP contribution in [0.15, 0.2) is 35.3 Å². The summed E-state index contributed by atoms with van der Waals surface area (Å²) < 4.78 is 5.64. The van der Waals surface area contributed by atoms with E-state index in [1.165, 1.54) is 0 Å². The van der Waals surface area contributed by atoms with E-state index in [2.05, 4.69) is 24.2 Å². The number of hydrogen-bond donors (Lipinski definition) is 1. The van der Waals surface area contributed by atoms with Crippen molar-refractivity contribution >= 4 is 16.9 Å². The van der Waals surface area contributed by atoms with E-state index in [0.29, 0.717) is 5.41 Å². The Morgan fingerprint density at radius 3 is 2.79 bits per heavy atom. The molecule has 0 aliphatic carbocycles. The van der Waals surface area contributed by atoms with Crippen molar-refractivity contribution in [1.29, 1.82) is 0 Å². The maximum Gasteiger partial charge on any atom is 0.156 e. The van der Waals surface area contributed by atoms with Gasteiger partial charge < -0.3 is 10.1 Å². The molecule has 1 aromatic carbocycles. The number of ether oxygens (including phenoxy) is 1. The van der Waals surface area contributed by atoms with Crippen molar-refractivity contribution in [3.05, 3.63) is 30.3 Å². The van der Waals surface area contributed by atoms with Crippen molar-refractivity contribution in [2.45, 2.75) is 20.3 Å². The van der Waals surface area contributed by atoms with E-state index in [4.69, 9.17) is 4.74 Å². The summed E-state index contributed by atoms with van der Waals surface area (Å²) in [5, 5.41) is 4.46. The molecule has 0 saturated carbocycles. The van der Waals surface area contributed by atoms with Crippen LogP contribution in [0.5, 0.6) is 5.75 Å². The number of benzene rings is 1. The van der Waals surface area contributed by atoms with Gasteiger partial charge in [0.2, 0.25) is 0 Å². The van der Waals surface area contributed by atoms with Gasteiger partial charge >= 0.3 is 0 Å². The molecule has 1 aliphatic heterocycles. The molecular formula is C15H22N2OS. The van der Waals surface area contributed by atoms with E-state index >= 15 is 0 Å². The second kappa shape index (κ2) is 6.85. The zero-order chi connectivity index (χ0) is 13.6. The first-order valence-corrected chi connectivity index (χ1v) is 7.73. The quantitative estimate of drug-likeness (QED) is 0.840. The number of aliphatic imine (C=N–C) groups is 1. The molecule has 0 saturated heterocycles. The molecule has 1 aromatic rings. The highest BCUT2D eigenvalue weighted by Gasteiger charge is 2.22. The molecule has 2 rings (SSSR count). The molecule has 1 N–H and O–H groups in total. The fourth-order valence-electron chi connectivity index (χ4n) is 1.72. The minimum atomic E-state index is 0.340. The molecule has 0 unspecified atom stereocenters. The standard InChI is InChI=1S/C15H22N2OS/c1-15(2)11-17-14(19-12-15)16-9-6-10-18-13-7-4-3-5-8-13/h3-5,7-8H,6,9-12H2,1-2H3,(H,16,17). The molecule has 19 heavy (non-hydrogen) atoms. The Labute approximate surface area is 119 Å². The fourth-order valence-corrected chi connectivity index (χ4v) is 2.70. The number of nitrogens with one attached hydrogen (secondary N) is 1. The van der Waals surface area contributed by atoms with Crippen molar-refractivity contribution in [3.63, 3.8) is 0 Å². The van der Waals surface area contributed by atoms with Gasteiger partial charge in [0.25, 0.3) is 0 Å². The second-order valence-corrected chi connectivity index (χ2v) is 6.48. The maximum atomic E-state index is 5.64. The van der Waals surface area contributed by atoms with E-state index in [-0.39, 0.29) is 0 Å². The molecule has 3 nitrogen and oxygen atoms in total. The van der Waals surface area contributed by atoms with Gasteiger partial charge in [-0.25, -0.2) is 0 Å². The van der Waals surface area contributed by atoms with Crippen LogP contribution in [0.25, 0.3) is 0 Å². The molecule has 0 spiro atoms. The van der Waals surface area contributed by atoms with Gasteiger partial charge in [-0.2, -0.15) is 0 Å². The van der Waals surface area contributed by atoms with Crippen LogP contribution in [-0.4, -0.2) is 30.6 Å². The number of thioether (sulfide) groups is 1. The molecule has 104 valence electrons. The van der Waals surface area contributed by atoms with Crippen molar-refractivity contribution < 1.29 is 4.74 Å². The van der Waals surface area contributed by atoms with Gasteiger partial charge in [-0.15, -0.1) is 0 Å². The van der Waals surface area contributed by atoms with Gasteiger partial charge in [-0.1, -0.05) is 43.8 Å². The molecule has 0 bridgehead atoms. The normalized spacial score (nSPS) is 17.7. The Hall–Kier alpha value is -1.16. The Bertz CT molecular complexity index is 417. The lowest BCUT2D eigenvalue weighted by atomic mass is 9.97. The van der Waals surface area contributed by atoms with Crippen LogP contribution >= 0.6 is 11.8 Å². The van der Waals surface area contributed by atoms with Crippen LogP contribution in [-0.2, 0) is 0 Å². The molecule has 0 amide bonds. The third kappa shape index (κ3) is 5.15. The Balaban J connectivity index is 1.59. The lowest BCUT2D eigenvalue weighted by Crippen LogP contribution is -2.32. The smallest absolute Gasteiger partial charge is 0.156 e. The summed E-state index contributed by atoms with van der Waals surface area (Å²) in [7, 11) is 0. The summed E-state index contributed by atoms with van der Waals surface area (Å²) in [5.41, 5.74) is 0.340. The van der Waals surface area contributed by atoms with Crippen LogP contribution < -0.4 is 10.1 Å². The molecular weight excluding hydrogens is 256 g/mol. The first-order chi connectivity index (χ1) is 9.16. The van der Waals surface area contributed by atoms with Crippen molar-refractivity contribution in [2.75, 3.05) is 25.4 Å². The van der Waals surface area contributed by atoms with E-state index in [1.807, 2.05) is 42.1 Å². The predicted molar refractivity (Wildman–Crippen MR) is 83.1 cm³/mol. The monoisotopic (exact) mass is 278 g/mol. The van der Waals surface area contributed by atoms with Crippen LogP contribution in [0.3, 0.4) is 0 Å². The molecule has 0 aromatic heterocycles. The first kappa shape index (κ1) is 14.3. The summed E-state index contributed by atoms with van der Waals surface area (Å²) in [6, 6.07) is 9.94. The third-order valence-electron chi connectivity index (χ3n) is 2.86. The lowest BCUT2D eigenvalue weighted by Gasteiger charge is -2.27. The van der Waals surface area contributed by atoms with Crippen molar-refractivity contribution in [1.82, 2.24) is 5.32 Å². The van der Waals surface area contributed by atoms with E-state index in [9.17, 15) is 0 Å². The van der Waals surface area contributed by atoms with E-state index < -0.39 is 0 Å². The van der Waals surface area contributed by atoms with Gasteiger partial charge in [-0.3, -0.25) is 4.99 Å². The number of hydrogen-bond acceptors (Lipinski definition) is 4. The first-order valence-electron chi connectivity index (χ1n) is 6.75. The Morgan fingerprint density at radius 1 is 1.32 bits per heavy atom. The van der Waals surface area contributed by atoms with Crippen LogP contribution in [0.1, 0.15) is 20.3 Å². The maximum absolute atomic E-state index is 5.64. The summed E-state index contributed by atoms with van der Waals surface area (Å²) >= 11 is 1.82. The SMILES string of the molecule is CC1(C)CN=C(NCCCOc2ccccc2)SC1. The summed E-state index contributed by atoms with van der Waals surface area (Å²) in [6.07, 6.45) is 0.984. The summed E-state index contributed by atoms with van der Waals surface area (Å²) in [5.74, 6) is 2.08. The third-order valence-corrected chi connectivity index (χ3v) is 4.33. The number of para-hydroxylation sites is 1. The zero-order valence-electron chi connectivity index (χ0n) is 11.7. The van der Waals surface area contributed by atoms with Gasteiger partial charge in [0.05, 0.1) is 6.61 Å². The number of amidine groups is 1. The molecule has 1 heterocycles. The lowest BCUT2D eigenvalue weighted by molar-refractivity contribution is 0.311. The van der Waals surface area contributed by atoms with Crippen LogP contribution in [0.4, 0.5) is 0 Å². The summed E-state index contributed by atoms with van der Waals surface area (Å²) in [6.45, 7) is 7.09. The number of rotatable bonds is 5. The predicted octanol–water partition coefficient (Wildman–Crippen LogP) is 3.17. The molecule has 0 fully saturated rings. The van der Waals surface area contributed by atoms with E-state index in [0.717, 1.165) is 42.8 Å². The van der Waals surface area contributed by atoms with Crippen LogP contribution in [0.2, 0.25) is 0 Å². The highest BCUT2D eigenvalue weighted by atomic mass is 32.2.